The zero-order valence-corrected chi connectivity index (χ0v) is 10.2. The van der Waals surface area contributed by atoms with E-state index in [9.17, 15) is 9.18 Å². The molecule has 0 aliphatic carbocycles. The fourth-order valence-electron chi connectivity index (χ4n) is 1.80. The fourth-order valence-corrected chi connectivity index (χ4v) is 1.80. The predicted molar refractivity (Wildman–Crippen MR) is 66.8 cm³/mol. The van der Waals surface area contributed by atoms with Crippen LogP contribution in [0.3, 0.4) is 0 Å². The van der Waals surface area contributed by atoms with Gasteiger partial charge in [0.1, 0.15) is 6.17 Å². The zero-order chi connectivity index (χ0) is 11.4. The third kappa shape index (κ3) is 3.98. The molecule has 1 aromatic rings. The summed E-state index contributed by atoms with van der Waals surface area (Å²) in [6, 6.07) is 9.29. The lowest BCUT2D eigenvalue weighted by Crippen LogP contribution is -2.39. The molecule has 0 unspecified atom stereocenters. The summed E-state index contributed by atoms with van der Waals surface area (Å²) in [5.74, 6) is -0.121. The van der Waals surface area contributed by atoms with Gasteiger partial charge in [-0.1, -0.05) is 30.3 Å². The van der Waals surface area contributed by atoms with Crippen molar-refractivity contribution in [2.24, 2.45) is 0 Å². The van der Waals surface area contributed by atoms with Crippen LogP contribution in [-0.2, 0) is 11.3 Å². The van der Waals surface area contributed by atoms with Gasteiger partial charge < -0.3 is 10.6 Å². The Morgan fingerprint density at radius 2 is 2.12 bits per heavy atom. The zero-order valence-electron chi connectivity index (χ0n) is 9.36. The highest BCUT2D eigenvalue weighted by atomic mass is 35.5. The Hall–Kier alpha value is -1.13. The van der Waals surface area contributed by atoms with Crippen molar-refractivity contribution in [2.45, 2.75) is 25.2 Å². The van der Waals surface area contributed by atoms with Crippen molar-refractivity contribution in [1.82, 2.24) is 10.6 Å². The van der Waals surface area contributed by atoms with Crippen molar-refractivity contribution in [3.63, 3.8) is 0 Å². The first-order valence-electron chi connectivity index (χ1n) is 5.45. The predicted octanol–water partition coefficient (Wildman–Crippen LogP) is 1.42. The first-order chi connectivity index (χ1) is 7.75. The molecule has 94 valence electrons. The standard InChI is InChI=1S/C12H15FN2O.ClH/c13-10-6-11(14-8-10)12(16)15-7-9-4-2-1-3-5-9;/h1-5,10-11,14H,6-8H2,(H,15,16);1H/t10-,11+;/m1./s1. The molecule has 1 aromatic carbocycles. The van der Waals surface area contributed by atoms with E-state index in [0.29, 0.717) is 6.54 Å². The third-order valence-electron chi connectivity index (χ3n) is 2.70. The molecule has 2 rings (SSSR count). The molecule has 0 saturated carbocycles. The molecular formula is C12H16ClFN2O. The number of hydrogen-bond acceptors (Lipinski definition) is 2. The van der Waals surface area contributed by atoms with Gasteiger partial charge in [-0.3, -0.25) is 4.79 Å². The highest BCUT2D eigenvalue weighted by Gasteiger charge is 2.28. The second kappa shape index (κ2) is 6.57. The van der Waals surface area contributed by atoms with Crippen LogP contribution in [-0.4, -0.2) is 24.7 Å². The van der Waals surface area contributed by atoms with Crippen molar-refractivity contribution in [2.75, 3.05) is 6.54 Å². The molecule has 1 saturated heterocycles. The fraction of sp³-hybridized carbons (Fsp3) is 0.417. The summed E-state index contributed by atoms with van der Waals surface area (Å²) in [5, 5.41) is 5.65. The largest absolute Gasteiger partial charge is 0.351 e. The van der Waals surface area contributed by atoms with Crippen LogP contribution in [0.5, 0.6) is 0 Å². The smallest absolute Gasteiger partial charge is 0.237 e. The number of amides is 1. The summed E-state index contributed by atoms with van der Waals surface area (Å²) in [6.07, 6.45) is -0.617. The van der Waals surface area contributed by atoms with Crippen molar-refractivity contribution < 1.29 is 9.18 Å². The van der Waals surface area contributed by atoms with Crippen LogP contribution in [0.15, 0.2) is 30.3 Å². The van der Waals surface area contributed by atoms with E-state index >= 15 is 0 Å². The van der Waals surface area contributed by atoms with Crippen LogP contribution in [0.2, 0.25) is 0 Å². The van der Waals surface area contributed by atoms with Gasteiger partial charge in [0.2, 0.25) is 5.91 Å². The Labute approximate surface area is 106 Å². The summed E-state index contributed by atoms with van der Waals surface area (Å²) in [4.78, 5) is 11.6. The lowest BCUT2D eigenvalue weighted by Gasteiger charge is -2.10. The van der Waals surface area contributed by atoms with E-state index in [1.54, 1.807) is 0 Å². The molecule has 1 amide bonds. The normalized spacial score (nSPS) is 22.9. The van der Waals surface area contributed by atoms with Crippen LogP contribution in [0.25, 0.3) is 0 Å². The minimum absolute atomic E-state index is 0. The molecule has 0 aromatic heterocycles. The third-order valence-corrected chi connectivity index (χ3v) is 2.70. The molecule has 17 heavy (non-hydrogen) atoms. The van der Waals surface area contributed by atoms with Gasteiger partial charge in [0, 0.05) is 19.5 Å². The minimum atomic E-state index is -0.896. The van der Waals surface area contributed by atoms with Gasteiger partial charge in [-0.2, -0.15) is 0 Å². The average molecular weight is 259 g/mol. The highest BCUT2D eigenvalue weighted by molar-refractivity contribution is 5.85. The van der Waals surface area contributed by atoms with Gasteiger partial charge in [0.05, 0.1) is 6.04 Å². The molecule has 0 bridgehead atoms. The number of carbonyl (C=O) groups excluding carboxylic acids is 1. The average Bonchev–Trinajstić information content (AvgIpc) is 2.74. The molecule has 5 heteroatoms. The number of rotatable bonds is 3. The number of halogens is 2. The number of carbonyl (C=O) groups is 1. The van der Waals surface area contributed by atoms with Crippen LogP contribution >= 0.6 is 12.4 Å². The van der Waals surface area contributed by atoms with E-state index < -0.39 is 6.17 Å². The molecule has 1 aliphatic rings. The minimum Gasteiger partial charge on any atom is -0.351 e. The monoisotopic (exact) mass is 258 g/mol. The van der Waals surface area contributed by atoms with E-state index in [0.717, 1.165) is 5.56 Å². The summed E-state index contributed by atoms with van der Waals surface area (Å²) in [5.41, 5.74) is 1.05. The number of nitrogens with one attached hydrogen (secondary N) is 2. The lowest BCUT2D eigenvalue weighted by atomic mass is 10.2. The molecule has 0 radical (unpaired) electrons. The SMILES string of the molecule is Cl.O=C(NCc1ccccc1)[C@@H]1C[C@@H](F)CN1. The van der Waals surface area contributed by atoms with Crippen LogP contribution in [0.1, 0.15) is 12.0 Å². The van der Waals surface area contributed by atoms with E-state index in [4.69, 9.17) is 0 Å². The highest BCUT2D eigenvalue weighted by Crippen LogP contribution is 2.10. The Balaban J connectivity index is 0.00000144. The number of hydrogen-bond donors (Lipinski definition) is 2. The molecule has 1 heterocycles. The molecular weight excluding hydrogens is 243 g/mol. The Morgan fingerprint density at radius 1 is 1.41 bits per heavy atom. The topological polar surface area (TPSA) is 41.1 Å². The molecule has 1 aliphatic heterocycles. The van der Waals surface area contributed by atoms with Gasteiger partial charge >= 0.3 is 0 Å². The van der Waals surface area contributed by atoms with Crippen LogP contribution in [0.4, 0.5) is 4.39 Å². The van der Waals surface area contributed by atoms with Crippen molar-refractivity contribution >= 4 is 18.3 Å². The van der Waals surface area contributed by atoms with E-state index in [1.165, 1.54) is 0 Å². The second-order valence-corrected chi connectivity index (χ2v) is 4.00. The maximum Gasteiger partial charge on any atom is 0.237 e. The van der Waals surface area contributed by atoms with Crippen LogP contribution in [0, 0.1) is 0 Å². The van der Waals surface area contributed by atoms with Crippen molar-refractivity contribution in [3.05, 3.63) is 35.9 Å². The molecule has 2 atom stereocenters. The van der Waals surface area contributed by atoms with Gasteiger partial charge in [-0.15, -0.1) is 12.4 Å². The van der Waals surface area contributed by atoms with E-state index in [2.05, 4.69) is 10.6 Å². The summed E-state index contributed by atoms with van der Waals surface area (Å²) in [7, 11) is 0. The first kappa shape index (κ1) is 13.9. The Bertz CT molecular complexity index is 361. The van der Waals surface area contributed by atoms with Crippen molar-refractivity contribution in [1.29, 1.82) is 0 Å². The Morgan fingerprint density at radius 3 is 2.71 bits per heavy atom. The maximum absolute atomic E-state index is 12.9. The van der Waals surface area contributed by atoms with E-state index in [-0.39, 0.29) is 37.3 Å². The molecule has 3 nitrogen and oxygen atoms in total. The molecule has 2 N–H and O–H groups in total. The Kier molecular flexibility index (Phi) is 5.38. The number of benzene rings is 1. The van der Waals surface area contributed by atoms with Gasteiger partial charge in [0.25, 0.3) is 0 Å². The second-order valence-electron chi connectivity index (χ2n) is 4.00. The van der Waals surface area contributed by atoms with Crippen LogP contribution < -0.4 is 10.6 Å². The maximum atomic E-state index is 12.9. The van der Waals surface area contributed by atoms with Gasteiger partial charge in [-0.25, -0.2) is 4.39 Å². The number of alkyl halides is 1. The first-order valence-corrected chi connectivity index (χ1v) is 5.45. The van der Waals surface area contributed by atoms with Crippen molar-refractivity contribution in [3.8, 4) is 0 Å². The van der Waals surface area contributed by atoms with E-state index in [1.807, 2.05) is 30.3 Å². The summed E-state index contributed by atoms with van der Waals surface area (Å²) >= 11 is 0. The molecule has 1 fully saturated rings. The van der Waals surface area contributed by atoms with Gasteiger partial charge in [-0.05, 0) is 5.56 Å². The van der Waals surface area contributed by atoms with Gasteiger partial charge in [0.15, 0.2) is 0 Å². The quantitative estimate of drug-likeness (QED) is 0.861. The molecule has 0 spiro atoms. The summed E-state index contributed by atoms with van der Waals surface area (Å²) < 4.78 is 12.9. The summed E-state index contributed by atoms with van der Waals surface area (Å²) in [6.45, 7) is 0.776. The lowest BCUT2D eigenvalue weighted by molar-refractivity contribution is -0.123.